The number of aromatic nitrogens is 4. The zero-order chi connectivity index (χ0) is 33.3. The molecule has 2 aromatic carbocycles. The Balaban J connectivity index is 0.000000180. The minimum Gasteiger partial charge on any atom is -0.486 e. The van der Waals surface area contributed by atoms with Crippen LogP contribution < -0.4 is 9.47 Å². The SMILES string of the molecule is Cc1ccc(OCc2ccccc2)c(C(=O)c2ccccn2)n1.Cc1ccc(OCc2ccccc2)c(I)n1.N#Cc1ccccn1. The fraction of sp³-hybridized carbons (Fsp3) is 0.105. The van der Waals surface area contributed by atoms with Gasteiger partial charge in [-0.1, -0.05) is 72.8 Å². The molecule has 0 radical (unpaired) electrons. The summed E-state index contributed by atoms with van der Waals surface area (Å²) in [4.78, 5) is 29.2. The first-order chi connectivity index (χ1) is 22.9. The van der Waals surface area contributed by atoms with Crippen LogP contribution in [0.1, 0.15) is 44.4 Å². The molecule has 6 aromatic rings. The van der Waals surface area contributed by atoms with Gasteiger partial charge in [0.15, 0.2) is 11.4 Å². The third-order valence-corrected chi connectivity index (χ3v) is 7.09. The van der Waals surface area contributed by atoms with Crippen LogP contribution in [0.5, 0.6) is 11.5 Å². The molecule has 4 aromatic heterocycles. The van der Waals surface area contributed by atoms with E-state index < -0.39 is 0 Å². The lowest BCUT2D eigenvalue weighted by Gasteiger charge is -2.11. The number of pyridine rings is 4. The lowest BCUT2D eigenvalue weighted by molar-refractivity contribution is 0.102. The maximum atomic E-state index is 12.6. The number of carbonyl (C=O) groups excluding carboxylic acids is 1. The quantitative estimate of drug-likeness (QED) is 0.0877. The second-order valence-electron chi connectivity index (χ2n) is 9.96. The number of hydrogen-bond acceptors (Lipinski definition) is 8. The van der Waals surface area contributed by atoms with Gasteiger partial charge < -0.3 is 9.47 Å². The summed E-state index contributed by atoms with van der Waals surface area (Å²) in [5, 5.41) is 8.23. The number of aryl methyl sites for hydroxylation is 2. The Morgan fingerprint density at radius 1 is 0.660 bits per heavy atom. The lowest BCUT2D eigenvalue weighted by atomic mass is 10.1. The van der Waals surface area contributed by atoms with Gasteiger partial charge >= 0.3 is 0 Å². The molecule has 0 bridgehead atoms. The molecule has 0 N–H and O–H groups in total. The van der Waals surface area contributed by atoms with Gasteiger partial charge in [0, 0.05) is 23.8 Å². The van der Waals surface area contributed by atoms with E-state index in [1.54, 1.807) is 54.9 Å². The largest absolute Gasteiger partial charge is 0.486 e. The summed E-state index contributed by atoms with van der Waals surface area (Å²) in [6.45, 7) is 4.79. The normalized spacial score (nSPS) is 9.83. The molecular formula is C38H32IN5O3. The number of nitriles is 1. The standard InChI is InChI=1S/C19H16N2O2.C13H12INO.C6H4N2/c1-14-10-11-17(23-13-15-7-3-2-4-8-15)18(21-14)19(22)16-9-5-6-12-20-16;1-10-7-8-12(13(14)15-10)16-9-11-5-3-2-4-6-11;7-5-6-3-1-2-4-8-6/h2-12H,13H2,1H3;2-8H,9H2,1H3;1-4H. The molecule has 6 rings (SSSR count). The summed E-state index contributed by atoms with van der Waals surface area (Å²) in [6.07, 6.45) is 3.19. The van der Waals surface area contributed by atoms with Gasteiger partial charge in [0.25, 0.3) is 0 Å². The highest BCUT2D eigenvalue weighted by Crippen LogP contribution is 2.22. The number of ether oxygens (including phenoxy) is 2. The highest BCUT2D eigenvalue weighted by Gasteiger charge is 2.18. The van der Waals surface area contributed by atoms with Gasteiger partial charge in [-0.15, -0.1) is 0 Å². The zero-order valence-electron chi connectivity index (χ0n) is 26.0. The predicted molar refractivity (Wildman–Crippen MR) is 189 cm³/mol. The maximum Gasteiger partial charge on any atom is 0.233 e. The van der Waals surface area contributed by atoms with Crippen LogP contribution >= 0.6 is 22.6 Å². The molecule has 9 heteroatoms. The van der Waals surface area contributed by atoms with Crippen molar-refractivity contribution in [2.45, 2.75) is 27.1 Å². The monoisotopic (exact) mass is 733 g/mol. The van der Waals surface area contributed by atoms with E-state index in [1.807, 2.05) is 86.6 Å². The van der Waals surface area contributed by atoms with Crippen molar-refractivity contribution in [1.29, 1.82) is 5.26 Å². The van der Waals surface area contributed by atoms with E-state index in [0.717, 1.165) is 26.4 Å². The Hall–Kier alpha value is -5.47. The smallest absolute Gasteiger partial charge is 0.233 e. The molecule has 0 aliphatic heterocycles. The van der Waals surface area contributed by atoms with E-state index in [4.69, 9.17) is 14.7 Å². The Morgan fingerprint density at radius 2 is 1.19 bits per heavy atom. The van der Waals surface area contributed by atoms with Crippen molar-refractivity contribution >= 4 is 28.4 Å². The minimum absolute atomic E-state index is 0.239. The Kier molecular flexibility index (Phi) is 13.5. The number of halogens is 1. The second-order valence-corrected chi connectivity index (χ2v) is 11.0. The van der Waals surface area contributed by atoms with Gasteiger partial charge in [-0.2, -0.15) is 5.26 Å². The van der Waals surface area contributed by atoms with Crippen LogP contribution in [0.4, 0.5) is 0 Å². The Labute approximate surface area is 288 Å². The predicted octanol–water partition coefficient (Wildman–Crippen LogP) is 8.12. The summed E-state index contributed by atoms with van der Waals surface area (Å²) >= 11 is 2.19. The molecule has 0 fully saturated rings. The van der Waals surface area contributed by atoms with Crippen LogP contribution in [0.3, 0.4) is 0 Å². The summed E-state index contributed by atoms with van der Waals surface area (Å²) in [5.41, 5.74) is 5.08. The third kappa shape index (κ3) is 11.4. The molecule has 0 atom stereocenters. The molecule has 234 valence electrons. The average Bonchev–Trinajstić information content (AvgIpc) is 3.12. The number of ketones is 1. The first kappa shape index (κ1) is 34.4. The van der Waals surface area contributed by atoms with Gasteiger partial charge in [-0.05, 0) is 96.1 Å². The number of nitrogens with zero attached hydrogens (tertiary/aromatic N) is 5. The van der Waals surface area contributed by atoms with Crippen molar-refractivity contribution in [2.75, 3.05) is 0 Å². The number of hydrogen-bond donors (Lipinski definition) is 0. The molecule has 0 aliphatic carbocycles. The van der Waals surface area contributed by atoms with Gasteiger partial charge in [-0.3, -0.25) is 9.78 Å². The molecule has 0 unspecified atom stereocenters. The van der Waals surface area contributed by atoms with E-state index >= 15 is 0 Å². The van der Waals surface area contributed by atoms with Gasteiger partial charge in [0.05, 0.1) is 0 Å². The van der Waals surface area contributed by atoms with Crippen LogP contribution in [0, 0.1) is 28.9 Å². The topological polar surface area (TPSA) is 111 Å². The van der Waals surface area contributed by atoms with Crippen molar-refractivity contribution in [3.05, 3.63) is 177 Å². The fourth-order valence-electron chi connectivity index (χ4n) is 3.96. The van der Waals surface area contributed by atoms with Crippen molar-refractivity contribution in [1.82, 2.24) is 19.9 Å². The third-order valence-electron chi connectivity index (χ3n) is 6.32. The van der Waals surface area contributed by atoms with E-state index in [-0.39, 0.29) is 5.78 Å². The zero-order valence-corrected chi connectivity index (χ0v) is 28.1. The number of rotatable bonds is 8. The average molecular weight is 734 g/mol. The number of carbonyl (C=O) groups is 1. The molecule has 4 heterocycles. The molecular weight excluding hydrogens is 701 g/mol. The summed E-state index contributed by atoms with van der Waals surface area (Å²) in [5.74, 6) is 1.07. The molecule has 0 saturated carbocycles. The van der Waals surface area contributed by atoms with Gasteiger partial charge in [-0.25, -0.2) is 15.0 Å². The highest BCUT2D eigenvalue weighted by atomic mass is 127. The van der Waals surface area contributed by atoms with Crippen LogP contribution in [0.25, 0.3) is 0 Å². The fourth-order valence-corrected chi connectivity index (χ4v) is 4.68. The van der Waals surface area contributed by atoms with Crippen LogP contribution in [0.15, 0.2) is 134 Å². The van der Waals surface area contributed by atoms with Gasteiger partial charge in [0.2, 0.25) is 5.78 Å². The summed E-state index contributed by atoms with van der Waals surface area (Å²) in [6, 6.07) is 39.8. The molecule has 0 aliphatic rings. The van der Waals surface area contributed by atoms with Crippen LogP contribution in [-0.2, 0) is 13.2 Å². The lowest BCUT2D eigenvalue weighted by Crippen LogP contribution is -2.10. The van der Waals surface area contributed by atoms with E-state index in [9.17, 15) is 4.79 Å². The summed E-state index contributed by atoms with van der Waals surface area (Å²) < 4.78 is 12.4. The van der Waals surface area contributed by atoms with Crippen LogP contribution in [0.2, 0.25) is 0 Å². The number of benzene rings is 2. The van der Waals surface area contributed by atoms with Crippen LogP contribution in [-0.4, -0.2) is 25.7 Å². The van der Waals surface area contributed by atoms with E-state index in [2.05, 4.69) is 54.7 Å². The molecule has 0 amide bonds. The molecule has 0 spiro atoms. The molecule has 0 saturated heterocycles. The maximum absolute atomic E-state index is 12.6. The van der Waals surface area contributed by atoms with Crippen molar-refractivity contribution < 1.29 is 14.3 Å². The minimum atomic E-state index is -0.239. The first-order valence-corrected chi connectivity index (χ1v) is 15.7. The highest BCUT2D eigenvalue weighted by molar-refractivity contribution is 14.1. The summed E-state index contributed by atoms with van der Waals surface area (Å²) in [7, 11) is 0. The Bertz CT molecular complexity index is 1890. The van der Waals surface area contributed by atoms with Crippen molar-refractivity contribution in [3.8, 4) is 17.6 Å². The van der Waals surface area contributed by atoms with E-state index in [1.165, 1.54) is 5.56 Å². The molecule has 8 nitrogen and oxygen atoms in total. The van der Waals surface area contributed by atoms with E-state index in [0.29, 0.717) is 36.0 Å². The van der Waals surface area contributed by atoms with Gasteiger partial charge in [0.1, 0.15) is 40.1 Å². The van der Waals surface area contributed by atoms with Crippen molar-refractivity contribution in [3.63, 3.8) is 0 Å². The first-order valence-electron chi connectivity index (χ1n) is 14.6. The Morgan fingerprint density at radius 3 is 1.70 bits per heavy atom. The second kappa shape index (κ2) is 18.5. The van der Waals surface area contributed by atoms with Crippen molar-refractivity contribution in [2.24, 2.45) is 0 Å². The molecule has 47 heavy (non-hydrogen) atoms.